The SMILES string of the molecule is NCC1CCCCC1Nc1ccc([N+](=O)[O-])c(N)c1. The highest BCUT2D eigenvalue weighted by Crippen LogP contribution is 2.29. The topological polar surface area (TPSA) is 107 Å². The van der Waals surface area contributed by atoms with Crippen molar-refractivity contribution >= 4 is 17.1 Å². The minimum absolute atomic E-state index is 0.0513. The second kappa shape index (κ2) is 5.88. The number of nitro groups is 1. The van der Waals surface area contributed by atoms with E-state index in [0.717, 1.165) is 18.5 Å². The summed E-state index contributed by atoms with van der Waals surface area (Å²) in [5, 5.41) is 14.1. The lowest BCUT2D eigenvalue weighted by atomic mass is 9.84. The molecular weight excluding hydrogens is 244 g/mol. The summed E-state index contributed by atoms with van der Waals surface area (Å²) in [5.74, 6) is 0.463. The van der Waals surface area contributed by atoms with Gasteiger partial charge in [0.05, 0.1) is 4.92 Å². The fraction of sp³-hybridized carbons (Fsp3) is 0.538. The molecule has 0 aliphatic heterocycles. The molecule has 19 heavy (non-hydrogen) atoms. The lowest BCUT2D eigenvalue weighted by Gasteiger charge is -2.32. The van der Waals surface area contributed by atoms with Gasteiger partial charge in [0, 0.05) is 17.8 Å². The van der Waals surface area contributed by atoms with Crippen LogP contribution in [0, 0.1) is 16.0 Å². The first-order valence-electron chi connectivity index (χ1n) is 6.62. The van der Waals surface area contributed by atoms with Gasteiger partial charge in [-0.3, -0.25) is 10.1 Å². The van der Waals surface area contributed by atoms with E-state index in [1.165, 1.54) is 18.9 Å². The quantitative estimate of drug-likeness (QED) is 0.438. The summed E-state index contributed by atoms with van der Waals surface area (Å²) in [6, 6.07) is 5.11. The average molecular weight is 264 g/mol. The van der Waals surface area contributed by atoms with Gasteiger partial charge in [-0.1, -0.05) is 12.8 Å². The van der Waals surface area contributed by atoms with E-state index in [2.05, 4.69) is 5.32 Å². The summed E-state index contributed by atoms with van der Waals surface area (Å²) in [6.45, 7) is 0.667. The molecule has 0 spiro atoms. The zero-order chi connectivity index (χ0) is 13.8. The van der Waals surface area contributed by atoms with Gasteiger partial charge in [-0.15, -0.1) is 0 Å². The number of hydrogen-bond acceptors (Lipinski definition) is 5. The third-order valence-electron chi connectivity index (χ3n) is 3.79. The maximum absolute atomic E-state index is 10.7. The predicted octanol–water partition coefficient (Wildman–Crippen LogP) is 2.11. The molecule has 104 valence electrons. The Morgan fingerprint density at radius 1 is 1.37 bits per heavy atom. The number of hydrogen-bond donors (Lipinski definition) is 3. The normalized spacial score (nSPS) is 23.0. The maximum Gasteiger partial charge on any atom is 0.292 e. The van der Waals surface area contributed by atoms with E-state index in [9.17, 15) is 10.1 Å². The number of nitro benzene ring substituents is 1. The van der Waals surface area contributed by atoms with Crippen LogP contribution >= 0.6 is 0 Å². The molecule has 1 aliphatic rings. The number of nitrogens with two attached hydrogens (primary N) is 2. The monoisotopic (exact) mass is 264 g/mol. The van der Waals surface area contributed by atoms with Gasteiger partial charge in [0.25, 0.3) is 5.69 Å². The molecule has 0 saturated heterocycles. The molecule has 1 aromatic carbocycles. The van der Waals surface area contributed by atoms with Crippen molar-refractivity contribution in [2.75, 3.05) is 17.6 Å². The standard InChI is InChI=1S/C13H20N4O2/c14-8-9-3-1-2-4-12(9)16-10-5-6-13(17(18)19)11(15)7-10/h5-7,9,12,16H,1-4,8,14-15H2. The Labute approximate surface area is 112 Å². The smallest absolute Gasteiger partial charge is 0.292 e. The van der Waals surface area contributed by atoms with E-state index in [1.54, 1.807) is 12.1 Å². The molecule has 0 bridgehead atoms. The van der Waals surface area contributed by atoms with Gasteiger partial charge in [0.15, 0.2) is 0 Å². The molecule has 1 aromatic rings. The Morgan fingerprint density at radius 3 is 2.74 bits per heavy atom. The van der Waals surface area contributed by atoms with Crippen LogP contribution in [0.5, 0.6) is 0 Å². The summed E-state index contributed by atoms with van der Waals surface area (Å²) in [4.78, 5) is 10.2. The van der Waals surface area contributed by atoms with Crippen LogP contribution in [-0.4, -0.2) is 17.5 Å². The van der Waals surface area contributed by atoms with Gasteiger partial charge in [-0.2, -0.15) is 0 Å². The van der Waals surface area contributed by atoms with Crippen molar-refractivity contribution in [2.45, 2.75) is 31.7 Å². The fourth-order valence-electron chi connectivity index (χ4n) is 2.70. The van der Waals surface area contributed by atoms with E-state index < -0.39 is 4.92 Å². The summed E-state index contributed by atoms with van der Waals surface area (Å²) < 4.78 is 0. The van der Waals surface area contributed by atoms with Crippen molar-refractivity contribution in [3.05, 3.63) is 28.3 Å². The van der Waals surface area contributed by atoms with Crippen molar-refractivity contribution in [1.29, 1.82) is 0 Å². The van der Waals surface area contributed by atoms with Gasteiger partial charge in [0.1, 0.15) is 5.69 Å². The third kappa shape index (κ3) is 3.14. The minimum Gasteiger partial charge on any atom is -0.393 e. The Balaban J connectivity index is 2.10. The van der Waals surface area contributed by atoms with Gasteiger partial charge in [0.2, 0.25) is 0 Å². The molecular formula is C13H20N4O2. The average Bonchev–Trinajstić information content (AvgIpc) is 2.39. The number of rotatable bonds is 4. The molecule has 1 fully saturated rings. The maximum atomic E-state index is 10.7. The van der Waals surface area contributed by atoms with Crippen LogP contribution in [0.25, 0.3) is 0 Å². The highest BCUT2D eigenvalue weighted by atomic mass is 16.6. The molecule has 0 aromatic heterocycles. The number of nitrogens with one attached hydrogen (secondary N) is 1. The number of benzene rings is 1. The van der Waals surface area contributed by atoms with Gasteiger partial charge < -0.3 is 16.8 Å². The largest absolute Gasteiger partial charge is 0.393 e. The second-order valence-electron chi connectivity index (χ2n) is 5.06. The van der Waals surface area contributed by atoms with Crippen molar-refractivity contribution < 1.29 is 4.92 Å². The second-order valence-corrected chi connectivity index (χ2v) is 5.06. The van der Waals surface area contributed by atoms with Gasteiger partial charge in [-0.05, 0) is 37.4 Å². The lowest BCUT2D eigenvalue weighted by molar-refractivity contribution is -0.383. The highest BCUT2D eigenvalue weighted by Gasteiger charge is 2.24. The minimum atomic E-state index is -0.470. The Bertz CT molecular complexity index is 464. The zero-order valence-corrected chi connectivity index (χ0v) is 10.8. The summed E-state index contributed by atoms with van der Waals surface area (Å²) in [6.07, 6.45) is 4.63. The molecule has 1 aliphatic carbocycles. The van der Waals surface area contributed by atoms with E-state index in [0.29, 0.717) is 18.5 Å². The Hall–Kier alpha value is -1.82. The molecule has 0 radical (unpaired) electrons. The molecule has 0 amide bonds. The van der Waals surface area contributed by atoms with Crippen molar-refractivity contribution in [3.63, 3.8) is 0 Å². The molecule has 6 heteroatoms. The summed E-state index contributed by atoms with van der Waals surface area (Å²) in [5.41, 5.74) is 12.4. The van der Waals surface area contributed by atoms with Crippen molar-refractivity contribution in [3.8, 4) is 0 Å². The first-order valence-corrected chi connectivity index (χ1v) is 6.62. The number of anilines is 2. The number of nitrogen functional groups attached to an aromatic ring is 1. The van der Waals surface area contributed by atoms with Crippen LogP contribution in [0.2, 0.25) is 0 Å². The predicted molar refractivity (Wildman–Crippen MR) is 75.9 cm³/mol. The lowest BCUT2D eigenvalue weighted by Crippen LogP contribution is -2.36. The molecule has 1 saturated carbocycles. The molecule has 0 heterocycles. The van der Waals surface area contributed by atoms with Crippen molar-refractivity contribution in [2.24, 2.45) is 11.7 Å². The summed E-state index contributed by atoms with van der Waals surface area (Å²) >= 11 is 0. The summed E-state index contributed by atoms with van der Waals surface area (Å²) in [7, 11) is 0. The van der Waals surface area contributed by atoms with E-state index in [1.807, 2.05) is 0 Å². The molecule has 2 atom stereocenters. The molecule has 2 unspecified atom stereocenters. The van der Waals surface area contributed by atoms with Crippen LogP contribution in [0.15, 0.2) is 18.2 Å². The first-order chi connectivity index (χ1) is 9.11. The molecule has 2 rings (SSSR count). The van der Waals surface area contributed by atoms with Crippen LogP contribution in [-0.2, 0) is 0 Å². The van der Waals surface area contributed by atoms with E-state index in [4.69, 9.17) is 11.5 Å². The molecule has 6 nitrogen and oxygen atoms in total. The Morgan fingerprint density at radius 2 is 2.11 bits per heavy atom. The van der Waals surface area contributed by atoms with Crippen LogP contribution < -0.4 is 16.8 Å². The van der Waals surface area contributed by atoms with Gasteiger partial charge >= 0.3 is 0 Å². The van der Waals surface area contributed by atoms with E-state index in [-0.39, 0.29) is 11.4 Å². The first kappa shape index (κ1) is 13.6. The van der Waals surface area contributed by atoms with Crippen LogP contribution in [0.4, 0.5) is 17.1 Å². The fourth-order valence-corrected chi connectivity index (χ4v) is 2.70. The van der Waals surface area contributed by atoms with Crippen LogP contribution in [0.1, 0.15) is 25.7 Å². The number of nitrogens with zero attached hydrogens (tertiary/aromatic N) is 1. The Kier molecular flexibility index (Phi) is 4.21. The third-order valence-corrected chi connectivity index (χ3v) is 3.79. The zero-order valence-electron chi connectivity index (χ0n) is 10.8. The molecule has 5 N–H and O–H groups in total. The van der Waals surface area contributed by atoms with Crippen LogP contribution in [0.3, 0.4) is 0 Å². The van der Waals surface area contributed by atoms with Gasteiger partial charge in [-0.25, -0.2) is 0 Å². The van der Waals surface area contributed by atoms with E-state index >= 15 is 0 Å². The highest BCUT2D eigenvalue weighted by molar-refractivity contribution is 5.66. The van der Waals surface area contributed by atoms with Crippen molar-refractivity contribution in [1.82, 2.24) is 0 Å².